The second-order valence-electron chi connectivity index (χ2n) is 20.7. The normalized spacial score (nSPS) is 16.9. The minimum atomic E-state index is -10.3. The Hall–Kier alpha value is -6.44. The highest BCUT2D eigenvalue weighted by molar-refractivity contribution is 5.91. The Kier molecular flexibility index (Phi) is 26.1. The van der Waals surface area contributed by atoms with Gasteiger partial charge < -0.3 is 18.9 Å². The third-order valence-corrected chi connectivity index (χ3v) is 13.1. The average molecular weight is 1750 g/mol. The van der Waals surface area contributed by atoms with E-state index >= 15 is 0 Å². The molecule has 0 radical (unpaired) electrons. The molecule has 0 saturated carbocycles. The Balaban J connectivity index is 7.24. The summed E-state index contributed by atoms with van der Waals surface area (Å²) < 4.78 is 822. The van der Waals surface area contributed by atoms with E-state index in [9.17, 15) is 274 Å². The first kappa shape index (κ1) is 102. The first-order valence-corrected chi connectivity index (χ1v) is 24.4. The second kappa shape index (κ2) is 27.7. The fourth-order valence-electron chi connectivity index (χ4n) is 6.91. The SMILES string of the molecule is CC(=O)OC(COC(=O)/C=C\C(=O)OCC(CC(F)(F)C(F)(F)C(F)(F)C(F)(F)C(F)(F)C(F)(F)C(F)(F)C(F)(F)C(F)(F)C(F)(F)C(F)(F)C(F)(F)C(F)(F)C(F)(F)F)OC(C)=O)CC(F)(F)C(F)(F)C(F)(F)C(F)(F)C(F)(F)C(F)(F)C(F)(F)C(F)(F)C(F)(F)C(F)(F)C(F)(F)C(F)(F)C(F)(F)C(F)(F)F. The predicted molar refractivity (Wildman–Crippen MR) is 212 cm³/mol. The van der Waals surface area contributed by atoms with Crippen LogP contribution in [0.15, 0.2) is 12.2 Å². The highest BCUT2D eigenvalue weighted by atomic mass is 19.5. The van der Waals surface area contributed by atoms with Gasteiger partial charge in [-0.2, -0.15) is 255 Å². The molecule has 0 aliphatic rings. The van der Waals surface area contributed by atoms with Crippen LogP contribution >= 0.6 is 0 Å². The Morgan fingerprint density at radius 2 is 0.333 bits per heavy atom. The summed E-state index contributed by atoms with van der Waals surface area (Å²) in [5.41, 5.74) is 0. The summed E-state index contributed by atoms with van der Waals surface area (Å²) in [5, 5.41) is 0. The summed E-state index contributed by atoms with van der Waals surface area (Å²) in [6, 6.07) is 0. The lowest BCUT2D eigenvalue weighted by molar-refractivity contribution is -0.487. The molecule has 0 spiro atoms. The molecule has 0 bridgehead atoms. The standard InChI is InChI=1S/C42H18F58O8/c1-9(101)107-11(5-15(43,44)17(47,48)19(51,52)21(55,56)23(59,60)25(63,64)27(67,68)29(71,72)31(75,76)33(79,80)35(83,84)37(87,88)39(91,92)41(95,96)97)7-105-13(103)3-4-14(104)106-8-12(108-10(2)102)6-16(45,46)18(49,50)20(53,54)22(57,58)24(61,62)26(65,66)28(69,70)30(73,74)32(77,78)34(81,82)36(85,86)38(89,90)40(93,94)42(98,99)100/h3-4,11-12H,5-8H2,1-2H3/b4-3-. The summed E-state index contributed by atoms with van der Waals surface area (Å²) in [5.74, 6) is -264. The van der Waals surface area contributed by atoms with Crippen LogP contribution in [0.4, 0.5) is 255 Å². The third-order valence-electron chi connectivity index (χ3n) is 13.1. The first-order valence-electron chi connectivity index (χ1n) is 24.4. The van der Waals surface area contributed by atoms with E-state index in [4.69, 9.17) is 0 Å². The average Bonchev–Trinajstić information content (AvgIpc) is 0.683. The number of hydrogen-bond donors (Lipinski definition) is 0. The molecule has 0 aromatic heterocycles. The Labute approximate surface area is 548 Å². The van der Waals surface area contributed by atoms with Crippen LogP contribution in [0.5, 0.6) is 0 Å². The van der Waals surface area contributed by atoms with Crippen molar-refractivity contribution in [3.63, 3.8) is 0 Å². The van der Waals surface area contributed by atoms with Crippen LogP contribution in [-0.2, 0) is 38.1 Å². The van der Waals surface area contributed by atoms with Crippen LogP contribution < -0.4 is 0 Å². The molecule has 0 N–H and O–H groups in total. The van der Waals surface area contributed by atoms with E-state index in [0.717, 1.165) is 0 Å². The Morgan fingerprint density at radius 1 is 0.213 bits per heavy atom. The lowest BCUT2D eigenvalue weighted by atomic mass is 9.83. The van der Waals surface area contributed by atoms with Crippen molar-refractivity contribution in [2.24, 2.45) is 0 Å². The molecule has 0 aromatic rings. The molecule has 640 valence electrons. The van der Waals surface area contributed by atoms with Gasteiger partial charge in [-0.3, -0.25) is 9.59 Å². The van der Waals surface area contributed by atoms with Crippen molar-refractivity contribution in [3.05, 3.63) is 12.2 Å². The van der Waals surface area contributed by atoms with Gasteiger partial charge in [-0.15, -0.1) is 0 Å². The Bertz CT molecular complexity index is 3040. The fourth-order valence-corrected chi connectivity index (χ4v) is 6.91. The van der Waals surface area contributed by atoms with Crippen LogP contribution in [0.1, 0.15) is 26.7 Å². The van der Waals surface area contributed by atoms with Gasteiger partial charge in [0, 0.05) is 26.0 Å². The number of halogens is 58. The maximum Gasteiger partial charge on any atom is 0.460 e. The van der Waals surface area contributed by atoms with Crippen molar-refractivity contribution in [3.8, 4) is 0 Å². The number of rotatable bonds is 36. The third kappa shape index (κ3) is 14.2. The molecule has 0 aromatic carbocycles. The lowest BCUT2D eigenvalue weighted by Crippen LogP contribution is -2.79. The smallest absolute Gasteiger partial charge is 0.459 e. The van der Waals surface area contributed by atoms with Crippen LogP contribution in [0.25, 0.3) is 0 Å². The molecule has 0 amide bonds. The number of ether oxygens (including phenoxy) is 4. The van der Waals surface area contributed by atoms with E-state index in [1.54, 1.807) is 0 Å². The van der Waals surface area contributed by atoms with Crippen LogP contribution in [0.2, 0.25) is 0 Å². The minimum absolute atomic E-state index is 0.260. The maximum atomic E-state index is 14.8. The van der Waals surface area contributed by atoms with E-state index in [-0.39, 0.29) is 13.8 Å². The summed E-state index contributed by atoms with van der Waals surface area (Å²) in [6.07, 6.45) is -35.1. The molecule has 0 heterocycles. The van der Waals surface area contributed by atoms with Crippen molar-refractivity contribution < 1.29 is 293 Å². The quantitative estimate of drug-likeness (QED) is 0.0264. The summed E-state index contributed by atoms with van der Waals surface area (Å²) in [4.78, 5) is 46.6. The van der Waals surface area contributed by atoms with E-state index in [0.29, 0.717) is 0 Å². The zero-order valence-electron chi connectivity index (χ0n) is 48.3. The summed E-state index contributed by atoms with van der Waals surface area (Å²) >= 11 is 0. The molecule has 0 aliphatic carbocycles. The number of esters is 4. The molecule has 66 heteroatoms. The van der Waals surface area contributed by atoms with Gasteiger partial charge in [-0.1, -0.05) is 0 Å². The predicted octanol–water partition coefficient (Wildman–Crippen LogP) is 18.9. The highest BCUT2D eigenvalue weighted by Crippen LogP contribution is 2.72. The summed E-state index contributed by atoms with van der Waals surface area (Å²) in [6.45, 7) is -6.16. The van der Waals surface area contributed by atoms with Gasteiger partial charge in [-0.05, 0) is 0 Å². The van der Waals surface area contributed by atoms with Gasteiger partial charge >= 0.3 is 190 Å². The number of carbonyl (C=O) groups is 4. The molecule has 0 rings (SSSR count). The van der Waals surface area contributed by atoms with Gasteiger partial charge in [0.05, 0.1) is 12.8 Å². The molecule has 0 aliphatic heterocycles. The van der Waals surface area contributed by atoms with Gasteiger partial charge in [0.25, 0.3) is 0 Å². The van der Waals surface area contributed by atoms with Crippen molar-refractivity contribution >= 4 is 23.9 Å². The van der Waals surface area contributed by atoms with Crippen molar-refractivity contribution in [1.29, 1.82) is 0 Å². The van der Waals surface area contributed by atoms with Gasteiger partial charge in [0.1, 0.15) is 25.4 Å². The van der Waals surface area contributed by atoms with Crippen LogP contribution in [0.3, 0.4) is 0 Å². The lowest BCUT2D eigenvalue weighted by Gasteiger charge is -2.46. The topological polar surface area (TPSA) is 105 Å². The second-order valence-corrected chi connectivity index (χ2v) is 20.7. The number of hydrogen-bond acceptors (Lipinski definition) is 8. The number of carbonyl (C=O) groups excluding carboxylic acids is 4. The summed E-state index contributed by atoms with van der Waals surface area (Å²) in [7, 11) is 0. The fraction of sp³-hybridized carbons (Fsp3) is 0.857. The van der Waals surface area contributed by atoms with E-state index < -0.39 is 241 Å². The Morgan fingerprint density at radius 3 is 0.454 bits per heavy atom. The monoisotopic (exact) mass is 1750 g/mol. The minimum Gasteiger partial charge on any atom is -0.459 e. The van der Waals surface area contributed by atoms with Gasteiger partial charge in [0.15, 0.2) is 0 Å². The molecule has 2 atom stereocenters. The molecular weight excluding hydrogens is 1730 g/mol. The van der Waals surface area contributed by atoms with Gasteiger partial charge in [-0.25, -0.2) is 9.59 Å². The highest BCUT2D eigenvalue weighted by Gasteiger charge is 3.04. The maximum absolute atomic E-state index is 14.8. The zero-order chi connectivity index (χ0) is 88.5. The van der Waals surface area contributed by atoms with Crippen LogP contribution in [-0.4, -0.2) is 216 Å². The molecule has 8 nitrogen and oxygen atoms in total. The molecular formula is C42H18F58O8. The van der Waals surface area contributed by atoms with Crippen LogP contribution in [0, 0.1) is 0 Å². The van der Waals surface area contributed by atoms with E-state index in [1.165, 1.54) is 0 Å². The molecule has 0 fully saturated rings. The van der Waals surface area contributed by atoms with E-state index in [1.807, 2.05) is 0 Å². The number of alkyl halides is 58. The van der Waals surface area contributed by atoms with Crippen molar-refractivity contribution in [1.82, 2.24) is 0 Å². The first-order chi connectivity index (χ1) is 46.1. The largest absolute Gasteiger partial charge is 0.460 e. The van der Waals surface area contributed by atoms with E-state index in [2.05, 4.69) is 18.9 Å². The molecule has 2 unspecified atom stereocenters. The molecule has 108 heavy (non-hydrogen) atoms. The zero-order valence-corrected chi connectivity index (χ0v) is 48.3. The van der Waals surface area contributed by atoms with Crippen molar-refractivity contribution in [2.75, 3.05) is 13.2 Å². The van der Waals surface area contributed by atoms with Crippen molar-refractivity contribution in [2.45, 2.75) is 205 Å². The molecule has 0 saturated heterocycles. The van der Waals surface area contributed by atoms with Gasteiger partial charge in [0.2, 0.25) is 0 Å².